The highest BCUT2D eigenvalue weighted by atomic mass is 35.5. The van der Waals surface area contributed by atoms with Crippen molar-refractivity contribution in [1.29, 1.82) is 0 Å². The molecule has 0 saturated carbocycles. The average molecular weight is 381 g/mol. The molecule has 5 nitrogen and oxygen atoms in total. The molecule has 2 aromatic rings. The Bertz CT molecular complexity index is 805. The number of likely N-dealkylation sites (tertiary alicyclic amines) is 1. The number of carbonyl (C=O) groups is 2. The normalized spacial score (nSPS) is 20.1. The zero-order chi connectivity index (χ0) is 18.0. The second-order valence-electron chi connectivity index (χ2n) is 6.31. The summed E-state index contributed by atoms with van der Waals surface area (Å²) in [5, 5.41) is 3.48. The molecular weight excluding hydrogens is 363 g/mol. The van der Waals surface area contributed by atoms with E-state index < -0.39 is 5.41 Å². The van der Waals surface area contributed by atoms with Crippen molar-refractivity contribution in [2.45, 2.75) is 19.8 Å². The summed E-state index contributed by atoms with van der Waals surface area (Å²) in [5.74, 6) is -0.320. The molecule has 0 radical (unpaired) electrons. The minimum Gasteiger partial charge on any atom is -0.429 e. The first-order chi connectivity index (χ1) is 11.9. The Labute approximate surface area is 155 Å². The molecule has 3 rings (SSSR count). The van der Waals surface area contributed by atoms with E-state index in [0.29, 0.717) is 31.0 Å². The van der Waals surface area contributed by atoms with E-state index in [-0.39, 0.29) is 22.9 Å². The van der Waals surface area contributed by atoms with Crippen LogP contribution >= 0.6 is 23.2 Å². The van der Waals surface area contributed by atoms with Gasteiger partial charge in [0.15, 0.2) is 5.22 Å². The summed E-state index contributed by atoms with van der Waals surface area (Å²) in [5.41, 5.74) is -0.0447. The molecule has 1 aliphatic rings. The van der Waals surface area contributed by atoms with Crippen molar-refractivity contribution >= 4 is 40.9 Å². The second kappa shape index (κ2) is 7.10. The van der Waals surface area contributed by atoms with Gasteiger partial charge in [0.25, 0.3) is 0 Å². The average Bonchev–Trinajstić information content (AvgIpc) is 3.11. The maximum atomic E-state index is 12.7. The zero-order valence-corrected chi connectivity index (χ0v) is 15.2. The second-order valence-corrected chi connectivity index (χ2v) is 7.12. The minimum absolute atomic E-state index is 0.176. The maximum Gasteiger partial charge on any atom is 0.242 e. The number of benzene rings is 1. The van der Waals surface area contributed by atoms with E-state index in [9.17, 15) is 9.59 Å². The van der Waals surface area contributed by atoms with Crippen LogP contribution in [0.1, 0.15) is 18.9 Å². The van der Waals surface area contributed by atoms with Gasteiger partial charge in [-0.15, -0.1) is 0 Å². The van der Waals surface area contributed by atoms with Gasteiger partial charge in [-0.1, -0.05) is 23.7 Å². The highest BCUT2D eigenvalue weighted by Gasteiger charge is 2.48. The van der Waals surface area contributed by atoms with Crippen molar-refractivity contribution in [3.8, 4) is 0 Å². The Balaban J connectivity index is 1.62. The number of furan rings is 1. The van der Waals surface area contributed by atoms with Crippen LogP contribution < -0.4 is 5.32 Å². The smallest absolute Gasteiger partial charge is 0.242 e. The van der Waals surface area contributed by atoms with Crippen LogP contribution in [0.2, 0.25) is 10.2 Å². The van der Waals surface area contributed by atoms with Crippen molar-refractivity contribution in [1.82, 2.24) is 4.90 Å². The predicted molar refractivity (Wildman–Crippen MR) is 96.8 cm³/mol. The zero-order valence-electron chi connectivity index (χ0n) is 13.7. The SMILES string of the molecule is CC1(C(=O)Nc2ccc(Cl)o2)CCN(CCc2cccc(Cl)c2)C1=O. The standard InChI is InChI=1S/C18H18Cl2N2O3/c1-18(16(23)21-15-6-5-14(20)25-15)8-10-22(17(18)24)9-7-12-3-2-4-13(19)11-12/h2-6,11H,7-10H2,1H3,(H,21,23). The molecule has 0 spiro atoms. The molecule has 1 aromatic heterocycles. The molecule has 2 amide bonds. The fourth-order valence-corrected chi connectivity index (χ4v) is 3.29. The quantitative estimate of drug-likeness (QED) is 0.797. The number of carbonyl (C=O) groups excluding carboxylic acids is 2. The summed E-state index contributed by atoms with van der Waals surface area (Å²) in [6.07, 6.45) is 1.15. The third kappa shape index (κ3) is 3.83. The van der Waals surface area contributed by atoms with E-state index in [1.807, 2.05) is 24.3 Å². The number of rotatable bonds is 5. The van der Waals surface area contributed by atoms with Crippen molar-refractivity contribution in [3.63, 3.8) is 0 Å². The first kappa shape index (κ1) is 17.8. The first-order valence-electron chi connectivity index (χ1n) is 7.99. The monoisotopic (exact) mass is 380 g/mol. The van der Waals surface area contributed by atoms with Crippen LogP contribution in [0.15, 0.2) is 40.8 Å². The summed E-state index contributed by atoms with van der Waals surface area (Å²) < 4.78 is 5.13. The van der Waals surface area contributed by atoms with Crippen molar-refractivity contribution in [2.75, 3.05) is 18.4 Å². The van der Waals surface area contributed by atoms with E-state index >= 15 is 0 Å². The van der Waals surface area contributed by atoms with Crippen molar-refractivity contribution in [3.05, 3.63) is 52.2 Å². The molecule has 0 bridgehead atoms. The molecule has 132 valence electrons. The van der Waals surface area contributed by atoms with Crippen LogP contribution in [0.5, 0.6) is 0 Å². The van der Waals surface area contributed by atoms with Gasteiger partial charge in [-0.3, -0.25) is 14.9 Å². The molecule has 2 heterocycles. The number of nitrogens with zero attached hydrogens (tertiary/aromatic N) is 1. The minimum atomic E-state index is -1.10. The fraction of sp³-hybridized carbons (Fsp3) is 0.333. The Hall–Kier alpha value is -1.98. The van der Waals surface area contributed by atoms with Gasteiger partial charge >= 0.3 is 0 Å². The lowest BCUT2D eigenvalue weighted by atomic mass is 9.88. The van der Waals surface area contributed by atoms with E-state index in [1.54, 1.807) is 17.9 Å². The number of anilines is 1. The Morgan fingerprint density at radius 1 is 1.32 bits per heavy atom. The summed E-state index contributed by atoms with van der Waals surface area (Å²) in [4.78, 5) is 27.0. The number of halogens is 2. The Morgan fingerprint density at radius 3 is 2.80 bits per heavy atom. The van der Waals surface area contributed by atoms with E-state index in [2.05, 4.69) is 5.32 Å². The number of nitrogens with one attached hydrogen (secondary N) is 1. The van der Waals surface area contributed by atoms with Crippen LogP contribution in [0.25, 0.3) is 0 Å². The van der Waals surface area contributed by atoms with Crippen LogP contribution in [0.4, 0.5) is 5.88 Å². The summed E-state index contributed by atoms with van der Waals surface area (Å²) in [6, 6.07) is 10.6. The summed E-state index contributed by atoms with van der Waals surface area (Å²) in [6.45, 7) is 2.76. The molecule has 1 N–H and O–H groups in total. The predicted octanol–water partition coefficient (Wildman–Crippen LogP) is 4.01. The van der Waals surface area contributed by atoms with Crippen LogP contribution in [-0.4, -0.2) is 29.8 Å². The third-order valence-corrected chi connectivity index (χ3v) is 4.95. The van der Waals surface area contributed by atoms with Crippen molar-refractivity contribution in [2.24, 2.45) is 5.41 Å². The molecule has 1 aliphatic heterocycles. The topological polar surface area (TPSA) is 62.6 Å². The fourth-order valence-electron chi connectivity index (χ4n) is 2.93. The first-order valence-corrected chi connectivity index (χ1v) is 8.75. The number of hydrogen-bond acceptors (Lipinski definition) is 3. The number of amides is 2. The Morgan fingerprint density at radius 2 is 2.12 bits per heavy atom. The van der Waals surface area contributed by atoms with Gasteiger partial charge in [0.2, 0.25) is 17.7 Å². The lowest BCUT2D eigenvalue weighted by Gasteiger charge is -2.22. The molecule has 1 aromatic carbocycles. The lowest BCUT2D eigenvalue weighted by molar-refractivity contribution is -0.141. The number of hydrogen-bond donors (Lipinski definition) is 1. The molecule has 25 heavy (non-hydrogen) atoms. The van der Waals surface area contributed by atoms with Crippen molar-refractivity contribution < 1.29 is 14.0 Å². The largest absolute Gasteiger partial charge is 0.429 e. The molecule has 1 saturated heterocycles. The summed E-state index contributed by atoms with van der Waals surface area (Å²) >= 11 is 11.7. The molecule has 0 aliphatic carbocycles. The van der Waals surface area contributed by atoms with Gasteiger partial charge in [-0.25, -0.2) is 0 Å². The Kier molecular flexibility index (Phi) is 5.06. The third-order valence-electron chi connectivity index (χ3n) is 4.51. The van der Waals surface area contributed by atoms with Gasteiger partial charge in [0, 0.05) is 24.2 Å². The summed E-state index contributed by atoms with van der Waals surface area (Å²) in [7, 11) is 0. The van der Waals surface area contributed by atoms with E-state index in [4.69, 9.17) is 27.6 Å². The highest BCUT2D eigenvalue weighted by Crippen LogP contribution is 2.33. The molecule has 7 heteroatoms. The molecular formula is C18H18Cl2N2O3. The molecule has 1 atom stereocenters. The highest BCUT2D eigenvalue weighted by molar-refractivity contribution is 6.30. The van der Waals surface area contributed by atoms with Gasteiger partial charge in [0.1, 0.15) is 5.41 Å². The van der Waals surface area contributed by atoms with Gasteiger partial charge in [-0.05, 0) is 55.1 Å². The van der Waals surface area contributed by atoms with Crippen LogP contribution in [0, 0.1) is 5.41 Å². The van der Waals surface area contributed by atoms with Gasteiger partial charge < -0.3 is 9.32 Å². The van der Waals surface area contributed by atoms with Crippen LogP contribution in [-0.2, 0) is 16.0 Å². The van der Waals surface area contributed by atoms with Gasteiger partial charge in [-0.2, -0.15) is 0 Å². The molecule has 1 unspecified atom stereocenters. The van der Waals surface area contributed by atoms with E-state index in [0.717, 1.165) is 5.56 Å². The maximum absolute atomic E-state index is 12.7. The van der Waals surface area contributed by atoms with Crippen LogP contribution in [0.3, 0.4) is 0 Å². The lowest BCUT2D eigenvalue weighted by Crippen LogP contribution is -2.41. The van der Waals surface area contributed by atoms with E-state index in [1.165, 1.54) is 6.07 Å². The molecule has 1 fully saturated rings. The van der Waals surface area contributed by atoms with Gasteiger partial charge in [0.05, 0.1) is 0 Å².